The predicted molar refractivity (Wildman–Crippen MR) is 49.3 cm³/mol. The number of ether oxygens (including phenoxy) is 1. The molecule has 1 aromatic heterocycles. The molecule has 0 bridgehead atoms. The maximum absolute atomic E-state index is 11.1. The van der Waals surface area contributed by atoms with Crippen molar-refractivity contribution in [2.24, 2.45) is 0 Å². The number of pyridine rings is 1. The summed E-state index contributed by atoms with van der Waals surface area (Å²) in [5.74, 6) is 0.107. The van der Waals surface area contributed by atoms with Crippen molar-refractivity contribution in [2.75, 3.05) is 13.4 Å². The van der Waals surface area contributed by atoms with Crippen molar-refractivity contribution >= 4 is 16.1 Å². The van der Waals surface area contributed by atoms with Crippen LogP contribution >= 0.6 is 0 Å². The van der Waals surface area contributed by atoms with Crippen LogP contribution < -0.4 is 4.74 Å². The summed E-state index contributed by atoms with van der Waals surface area (Å²) in [5, 5.41) is -0.168. The number of carbonyl (C=O) groups is 1. The maximum Gasteiger partial charge on any atom is 0.214 e. The Balaban J connectivity index is 3.39. The van der Waals surface area contributed by atoms with Gasteiger partial charge in [-0.25, -0.2) is 13.4 Å². The molecule has 0 saturated carbocycles. The number of aldehydes is 1. The summed E-state index contributed by atoms with van der Waals surface area (Å²) in [6.45, 7) is 0. The number of carbonyl (C=O) groups excluding carboxylic acids is 1. The van der Waals surface area contributed by atoms with Gasteiger partial charge in [0.1, 0.15) is 6.29 Å². The van der Waals surface area contributed by atoms with E-state index in [1.54, 1.807) is 0 Å². The molecule has 0 spiro atoms. The first-order valence-electron chi connectivity index (χ1n) is 3.68. The molecular formula is C8H9NO4S. The summed E-state index contributed by atoms with van der Waals surface area (Å²) in [6.07, 6.45) is 1.56. The minimum atomic E-state index is -3.42. The van der Waals surface area contributed by atoms with Crippen molar-refractivity contribution in [3.8, 4) is 5.88 Å². The van der Waals surface area contributed by atoms with Crippen LogP contribution in [0.2, 0.25) is 0 Å². The van der Waals surface area contributed by atoms with Crippen molar-refractivity contribution < 1.29 is 17.9 Å². The van der Waals surface area contributed by atoms with E-state index in [1.807, 2.05) is 0 Å². The van der Waals surface area contributed by atoms with Crippen LogP contribution in [0, 0.1) is 0 Å². The lowest BCUT2D eigenvalue weighted by Gasteiger charge is -2.02. The van der Waals surface area contributed by atoms with Crippen LogP contribution in [0.15, 0.2) is 17.2 Å². The highest BCUT2D eigenvalue weighted by Gasteiger charge is 2.11. The second-order valence-corrected chi connectivity index (χ2v) is 4.63. The minimum Gasteiger partial charge on any atom is -0.481 e. The molecule has 0 N–H and O–H groups in total. The van der Waals surface area contributed by atoms with Crippen LogP contribution in [0.25, 0.3) is 0 Å². The molecule has 1 heterocycles. The van der Waals surface area contributed by atoms with Gasteiger partial charge in [-0.05, 0) is 6.07 Å². The van der Waals surface area contributed by atoms with Crippen LogP contribution in [0.3, 0.4) is 0 Å². The summed E-state index contributed by atoms with van der Waals surface area (Å²) in [6, 6.07) is 2.56. The Labute approximate surface area is 81.6 Å². The molecule has 0 radical (unpaired) electrons. The fourth-order valence-corrected chi connectivity index (χ4v) is 1.47. The Morgan fingerprint density at radius 2 is 2.07 bits per heavy atom. The summed E-state index contributed by atoms with van der Waals surface area (Å²) in [4.78, 5) is 14.2. The van der Waals surface area contributed by atoms with E-state index in [4.69, 9.17) is 4.74 Å². The van der Waals surface area contributed by atoms with Crippen molar-refractivity contribution in [1.29, 1.82) is 0 Å². The smallest absolute Gasteiger partial charge is 0.214 e. The van der Waals surface area contributed by atoms with Gasteiger partial charge in [-0.2, -0.15) is 0 Å². The number of methoxy groups -OCH3 is 1. The highest BCUT2D eigenvalue weighted by Crippen LogP contribution is 2.14. The van der Waals surface area contributed by atoms with E-state index >= 15 is 0 Å². The number of aromatic nitrogens is 1. The fraction of sp³-hybridized carbons (Fsp3) is 0.250. The molecule has 76 valence electrons. The molecule has 0 fully saturated rings. The monoisotopic (exact) mass is 215 g/mol. The maximum atomic E-state index is 11.1. The molecule has 6 heteroatoms. The molecule has 1 aromatic rings. The van der Waals surface area contributed by atoms with Crippen LogP contribution in [0.5, 0.6) is 5.88 Å². The normalized spacial score (nSPS) is 11.0. The van der Waals surface area contributed by atoms with E-state index in [0.717, 1.165) is 6.26 Å². The molecule has 0 aliphatic rings. The largest absolute Gasteiger partial charge is 0.481 e. The molecular weight excluding hydrogens is 206 g/mol. The molecule has 0 aromatic carbocycles. The average molecular weight is 215 g/mol. The van der Waals surface area contributed by atoms with Crippen molar-refractivity contribution in [2.45, 2.75) is 5.03 Å². The van der Waals surface area contributed by atoms with Crippen molar-refractivity contribution in [1.82, 2.24) is 4.98 Å². The van der Waals surface area contributed by atoms with E-state index < -0.39 is 9.84 Å². The molecule has 0 aliphatic carbocycles. The van der Waals surface area contributed by atoms with Gasteiger partial charge < -0.3 is 4.74 Å². The minimum absolute atomic E-state index is 0.107. The molecule has 14 heavy (non-hydrogen) atoms. The van der Waals surface area contributed by atoms with Gasteiger partial charge in [0.2, 0.25) is 5.88 Å². The number of rotatable bonds is 3. The third kappa shape index (κ3) is 2.29. The topological polar surface area (TPSA) is 73.3 Å². The van der Waals surface area contributed by atoms with E-state index in [9.17, 15) is 13.2 Å². The van der Waals surface area contributed by atoms with Crippen molar-refractivity contribution in [3.05, 3.63) is 17.7 Å². The Morgan fingerprint density at radius 1 is 1.43 bits per heavy atom. The number of sulfone groups is 1. The molecule has 0 atom stereocenters. The lowest BCUT2D eigenvalue weighted by atomic mass is 10.3. The average Bonchev–Trinajstić information content (AvgIpc) is 2.15. The van der Waals surface area contributed by atoms with Gasteiger partial charge in [0.15, 0.2) is 14.9 Å². The highest BCUT2D eigenvalue weighted by atomic mass is 32.2. The molecule has 0 amide bonds. The van der Waals surface area contributed by atoms with Gasteiger partial charge >= 0.3 is 0 Å². The predicted octanol–water partition coefficient (Wildman–Crippen LogP) is 0.306. The van der Waals surface area contributed by atoms with E-state index in [1.165, 1.54) is 19.2 Å². The molecule has 5 nitrogen and oxygen atoms in total. The lowest BCUT2D eigenvalue weighted by molar-refractivity contribution is 0.112. The standard InChI is InChI=1S/C8H9NO4S/c1-13-7-3-6(5-10)4-8(9-7)14(2,11)12/h3-5H,1-2H3. The summed E-state index contributed by atoms with van der Waals surface area (Å²) in [5.41, 5.74) is 0.220. The third-order valence-corrected chi connectivity index (χ3v) is 2.49. The SMILES string of the molecule is COc1cc(C=O)cc(S(C)(=O)=O)n1. The first kappa shape index (κ1) is 10.6. The van der Waals surface area contributed by atoms with Crippen molar-refractivity contribution in [3.63, 3.8) is 0 Å². The Kier molecular flexibility index (Phi) is 2.85. The van der Waals surface area contributed by atoms with E-state index in [0.29, 0.717) is 6.29 Å². The van der Waals surface area contributed by atoms with Crippen LogP contribution in [-0.4, -0.2) is 33.1 Å². The number of hydrogen-bond donors (Lipinski definition) is 0. The first-order chi connectivity index (χ1) is 6.47. The fourth-order valence-electron chi connectivity index (χ4n) is 0.863. The van der Waals surface area contributed by atoms with E-state index in [2.05, 4.69) is 4.98 Å². The van der Waals surface area contributed by atoms with E-state index in [-0.39, 0.29) is 16.5 Å². The molecule has 0 aliphatic heterocycles. The summed E-state index contributed by atoms with van der Waals surface area (Å²) in [7, 11) is -2.07. The second-order valence-electron chi connectivity index (χ2n) is 2.67. The van der Waals surface area contributed by atoms with Gasteiger partial charge in [0.25, 0.3) is 0 Å². The van der Waals surface area contributed by atoms with Gasteiger partial charge in [-0.1, -0.05) is 0 Å². The zero-order valence-corrected chi connectivity index (χ0v) is 8.54. The van der Waals surface area contributed by atoms with Crippen LogP contribution in [0.1, 0.15) is 10.4 Å². The summed E-state index contributed by atoms with van der Waals surface area (Å²) < 4.78 is 27.0. The van der Waals surface area contributed by atoms with Gasteiger partial charge in [0.05, 0.1) is 7.11 Å². The Morgan fingerprint density at radius 3 is 2.50 bits per heavy atom. The number of hydrogen-bond acceptors (Lipinski definition) is 5. The van der Waals surface area contributed by atoms with Crippen LogP contribution in [-0.2, 0) is 9.84 Å². The lowest BCUT2D eigenvalue weighted by Crippen LogP contribution is -2.03. The Bertz CT molecular complexity index is 452. The molecule has 1 rings (SSSR count). The zero-order valence-electron chi connectivity index (χ0n) is 7.72. The quantitative estimate of drug-likeness (QED) is 0.678. The van der Waals surface area contributed by atoms with Crippen LogP contribution in [0.4, 0.5) is 0 Å². The summed E-state index contributed by atoms with van der Waals surface area (Å²) >= 11 is 0. The van der Waals surface area contributed by atoms with Gasteiger partial charge in [-0.15, -0.1) is 0 Å². The van der Waals surface area contributed by atoms with Gasteiger partial charge in [0, 0.05) is 17.9 Å². The zero-order chi connectivity index (χ0) is 10.8. The second kappa shape index (κ2) is 3.75. The number of nitrogens with zero attached hydrogens (tertiary/aromatic N) is 1. The highest BCUT2D eigenvalue weighted by molar-refractivity contribution is 7.90. The third-order valence-electron chi connectivity index (χ3n) is 1.53. The van der Waals surface area contributed by atoms with Gasteiger partial charge in [-0.3, -0.25) is 4.79 Å². The first-order valence-corrected chi connectivity index (χ1v) is 5.58. The Hall–Kier alpha value is -1.43. The molecule has 0 saturated heterocycles. The molecule has 0 unspecified atom stereocenters.